The molecule has 12 heavy (non-hydrogen) atoms. The van der Waals surface area contributed by atoms with Crippen molar-refractivity contribution in [1.29, 1.82) is 0 Å². The Hall–Kier alpha value is -0.740. The molecule has 0 spiro atoms. The van der Waals surface area contributed by atoms with Gasteiger partial charge in [0.2, 0.25) is 0 Å². The monoisotopic (exact) mass is 158 g/mol. The Kier molecular flexibility index (Phi) is 0.726. The molecule has 0 aliphatic heterocycles. The Morgan fingerprint density at radius 3 is 2.25 bits per heavy atom. The number of aliphatic hydroxyl groups is 1. The van der Waals surface area contributed by atoms with E-state index in [9.17, 15) is 0 Å². The number of rotatable bonds is 0. The van der Waals surface area contributed by atoms with Crippen molar-refractivity contribution in [3.63, 3.8) is 0 Å². The number of hydrogen-bond acceptors (Lipinski definition) is 1. The van der Waals surface area contributed by atoms with E-state index in [4.69, 9.17) is 5.11 Å². The van der Waals surface area contributed by atoms with Gasteiger partial charge in [0.1, 0.15) is 6.61 Å². The van der Waals surface area contributed by atoms with E-state index in [-0.39, 0.29) is 6.61 Å². The van der Waals surface area contributed by atoms with E-state index in [2.05, 4.69) is 17.9 Å². The highest BCUT2D eigenvalue weighted by Crippen LogP contribution is 2.93. The Labute approximate surface area is 71.5 Å². The first-order valence-electron chi connectivity index (χ1n) is 4.74. The van der Waals surface area contributed by atoms with Crippen molar-refractivity contribution < 1.29 is 5.11 Å². The molecule has 5 fully saturated rings. The van der Waals surface area contributed by atoms with Crippen molar-refractivity contribution in [2.75, 3.05) is 6.61 Å². The van der Waals surface area contributed by atoms with Crippen molar-refractivity contribution in [3.05, 3.63) is 11.6 Å². The van der Waals surface area contributed by atoms with Crippen LogP contribution in [0.3, 0.4) is 0 Å². The first kappa shape index (κ1) is 5.83. The zero-order valence-corrected chi connectivity index (χ0v) is 6.70. The predicted molar refractivity (Wildman–Crippen MR) is 43.9 cm³/mol. The Morgan fingerprint density at radius 2 is 1.75 bits per heavy atom. The summed E-state index contributed by atoms with van der Waals surface area (Å²) in [7, 11) is 0. The quantitative estimate of drug-likeness (QED) is 0.513. The SMILES string of the molecule is OCC#CC=C1C2C3C2C2C1C32. The molecule has 0 radical (unpaired) electrons. The topological polar surface area (TPSA) is 20.2 Å². The van der Waals surface area contributed by atoms with Crippen LogP contribution in [-0.2, 0) is 0 Å². The van der Waals surface area contributed by atoms with Crippen LogP contribution in [-0.4, -0.2) is 11.7 Å². The molecule has 5 rings (SSSR count). The van der Waals surface area contributed by atoms with Crippen LogP contribution in [0.5, 0.6) is 0 Å². The summed E-state index contributed by atoms with van der Waals surface area (Å²) in [5, 5.41) is 8.50. The molecule has 0 aromatic heterocycles. The fourth-order valence-corrected chi connectivity index (χ4v) is 4.04. The molecule has 0 unspecified atom stereocenters. The molecule has 0 atom stereocenters. The second-order valence-corrected chi connectivity index (χ2v) is 4.48. The molecule has 1 N–H and O–H groups in total. The maximum atomic E-state index is 8.50. The van der Waals surface area contributed by atoms with E-state index in [1.54, 1.807) is 5.57 Å². The van der Waals surface area contributed by atoms with E-state index in [0.717, 1.165) is 35.5 Å². The molecule has 60 valence electrons. The summed E-state index contributed by atoms with van der Waals surface area (Å²) in [4.78, 5) is 0. The van der Waals surface area contributed by atoms with Gasteiger partial charge in [0.25, 0.3) is 0 Å². The minimum atomic E-state index is -0.00116. The highest BCUT2D eigenvalue weighted by molar-refractivity contribution is 5.52. The van der Waals surface area contributed by atoms with Gasteiger partial charge in [-0.3, -0.25) is 0 Å². The van der Waals surface area contributed by atoms with Gasteiger partial charge < -0.3 is 5.11 Å². The molecule has 0 aromatic carbocycles. The van der Waals surface area contributed by atoms with E-state index >= 15 is 0 Å². The number of allylic oxidation sites excluding steroid dienone is 2. The van der Waals surface area contributed by atoms with Crippen molar-refractivity contribution in [2.45, 2.75) is 0 Å². The summed E-state index contributed by atoms with van der Waals surface area (Å²) in [6, 6.07) is 0. The summed E-state index contributed by atoms with van der Waals surface area (Å²) >= 11 is 0. The third-order valence-electron chi connectivity index (χ3n) is 4.34. The van der Waals surface area contributed by atoms with Crippen LogP contribution in [0, 0.1) is 47.3 Å². The van der Waals surface area contributed by atoms with Gasteiger partial charge >= 0.3 is 0 Å². The van der Waals surface area contributed by atoms with Crippen molar-refractivity contribution in [2.24, 2.45) is 35.5 Å². The van der Waals surface area contributed by atoms with Crippen LogP contribution in [0.25, 0.3) is 0 Å². The largest absolute Gasteiger partial charge is 0.384 e. The van der Waals surface area contributed by atoms with Gasteiger partial charge in [-0.1, -0.05) is 17.4 Å². The summed E-state index contributed by atoms with van der Waals surface area (Å²) in [6.07, 6.45) is 2.09. The molecule has 5 saturated carbocycles. The normalized spacial score (nSPS) is 59.6. The molecule has 0 heterocycles. The average Bonchev–Trinajstić information content (AvgIpc) is 2.75. The molecule has 1 heteroatoms. The van der Waals surface area contributed by atoms with E-state index in [0.29, 0.717) is 0 Å². The Morgan fingerprint density at radius 1 is 1.17 bits per heavy atom. The fraction of sp³-hybridized carbons (Fsp3) is 0.636. The number of hydrogen-bond donors (Lipinski definition) is 1. The van der Waals surface area contributed by atoms with Crippen LogP contribution >= 0.6 is 0 Å². The second-order valence-electron chi connectivity index (χ2n) is 4.48. The molecule has 0 aromatic rings. The lowest BCUT2D eigenvalue weighted by atomic mass is 10.0. The molecule has 5 aliphatic carbocycles. The molecule has 5 aliphatic rings. The van der Waals surface area contributed by atoms with Crippen LogP contribution in [0.15, 0.2) is 11.6 Å². The van der Waals surface area contributed by atoms with Crippen LogP contribution in [0.2, 0.25) is 0 Å². The Balaban J connectivity index is 1.68. The third-order valence-corrected chi connectivity index (χ3v) is 4.34. The third kappa shape index (κ3) is 0.390. The highest BCUT2D eigenvalue weighted by Gasteiger charge is 2.90. The second kappa shape index (κ2) is 1.49. The molecular formula is C11H10O. The number of aliphatic hydroxyl groups excluding tert-OH is 1. The van der Waals surface area contributed by atoms with E-state index in [1.165, 1.54) is 0 Å². The fourth-order valence-electron chi connectivity index (χ4n) is 4.04. The van der Waals surface area contributed by atoms with Crippen molar-refractivity contribution in [1.82, 2.24) is 0 Å². The van der Waals surface area contributed by atoms with E-state index < -0.39 is 0 Å². The summed E-state index contributed by atoms with van der Waals surface area (Å²) in [6.45, 7) is -0.00116. The van der Waals surface area contributed by atoms with Crippen molar-refractivity contribution in [3.8, 4) is 11.8 Å². The lowest BCUT2D eigenvalue weighted by Crippen LogP contribution is -2.00. The molecule has 1 nitrogen and oxygen atoms in total. The minimum absolute atomic E-state index is 0.00116. The first-order chi connectivity index (χ1) is 5.95. The van der Waals surface area contributed by atoms with Crippen LogP contribution in [0.4, 0.5) is 0 Å². The molecule has 0 saturated heterocycles. The van der Waals surface area contributed by atoms with Crippen LogP contribution in [0.1, 0.15) is 0 Å². The first-order valence-corrected chi connectivity index (χ1v) is 4.74. The van der Waals surface area contributed by atoms with Crippen LogP contribution < -0.4 is 0 Å². The van der Waals surface area contributed by atoms with E-state index in [1.807, 2.05) is 0 Å². The lowest BCUT2D eigenvalue weighted by Gasteiger charge is -2.03. The summed E-state index contributed by atoms with van der Waals surface area (Å²) in [5.41, 5.74) is 1.64. The van der Waals surface area contributed by atoms with Gasteiger partial charge in [-0.05, 0) is 41.6 Å². The van der Waals surface area contributed by atoms with Gasteiger partial charge in [-0.15, -0.1) is 0 Å². The Bertz CT molecular complexity index is 311. The minimum Gasteiger partial charge on any atom is -0.384 e. The standard InChI is InChI=1S/C11H10O/c12-4-2-1-3-5-6-8-9(6)11-7(5)10(8)11/h3,6-12H,4H2. The smallest absolute Gasteiger partial charge is 0.104 e. The van der Waals surface area contributed by atoms with Gasteiger partial charge in [0.15, 0.2) is 0 Å². The molecule has 2 bridgehead atoms. The highest BCUT2D eigenvalue weighted by atomic mass is 16.2. The molecule has 0 amide bonds. The van der Waals surface area contributed by atoms with Gasteiger partial charge in [-0.2, -0.15) is 0 Å². The maximum Gasteiger partial charge on any atom is 0.104 e. The average molecular weight is 158 g/mol. The lowest BCUT2D eigenvalue weighted by molar-refractivity contribution is 0.350. The molecular weight excluding hydrogens is 148 g/mol. The zero-order valence-electron chi connectivity index (χ0n) is 6.70. The van der Waals surface area contributed by atoms with Gasteiger partial charge in [0, 0.05) is 0 Å². The van der Waals surface area contributed by atoms with Gasteiger partial charge in [0.05, 0.1) is 0 Å². The predicted octanol–water partition coefficient (Wildman–Crippen LogP) is 0.660. The summed E-state index contributed by atoms with van der Waals surface area (Å²) in [5.74, 6) is 11.9. The summed E-state index contributed by atoms with van der Waals surface area (Å²) < 4.78 is 0. The maximum absolute atomic E-state index is 8.50. The zero-order chi connectivity index (χ0) is 7.87. The van der Waals surface area contributed by atoms with Crippen molar-refractivity contribution >= 4 is 0 Å². The van der Waals surface area contributed by atoms with Gasteiger partial charge in [-0.25, -0.2) is 0 Å².